The van der Waals surface area contributed by atoms with E-state index in [1.807, 2.05) is 6.92 Å². The number of rotatable bonds is 4. The molecule has 1 saturated heterocycles. The predicted octanol–water partition coefficient (Wildman–Crippen LogP) is 3.60. The maximum atomic E-state index is 12.4. The molecule has 0 atom stereocenters. The number of urea groups is 1. The van der Waals surface area contributed by atoms with Gasteiger partial charge in [0, 0.05) is 19.7 Å². The van der Waals surface area contributed by atoms with Crippen molar-refractivity contribution in [2.75, 3.05) is 25.0 Å². The molecule has 1 aliphatic rings. The van der Waals surface area contributed by atoms with Gasteiger partial charge in [-0.1, -0.05) is 19.1 Å². The van der Waals surface area contributed by atoms with Crippen LogP contribution < -0.4 is 10.1 Å². The van der Waals surface area contributed by atoms with E-state index >= 15 is 0 Å². The fourth-order valence-electron chi connectivity index (χ4n) is 2.79. The first kappa shape index (κ1) is 18.4. The zero-order chi connectivity index (χ0) is 17.8. The molecule has 0 aromatic heterocycles. The van der Waals surface area contributed by atoms with E-state index in [2.05, 4.69) is 10.1 Å². The van der Waals surface area contributed by atoms with Crippen molar-refractivity contribution < 1.29 is 27.8 Å². The van der Waals surface area contributed by atoms with E-state index < -0.39 is 18.1 Å². The first-order valence-electron chi connectivity index (χ1n) is 7.80. The fraction of sp³-hybridized carbons (Fsp3) is 0.562. The summed E-state index contributed by atoms with van der Waals surface area (Å²) in [7, 11) is 0. The number of nitrogens with one attached hydrogen (secondary N) is 1. The second-order valence-electron chi connectivity index (χ2n) is 5.97. The number of carbonyl (C=O) groups excluding carboxylic acids is 1. The normalized spacial score (nSPS) is 17.5. The molecule has 0 saturated carbocycles. The summed E-state index contributed by atoms with van der Waals surface area (Å²) in [5.41, 5.74) is -0.206. The highest BCUT2D eigenvalue weighted by molar-refractivity contribution is 5.91. The third-order valence-corrected chi connectivity index (χ3v) is 4.55. The van der Waals surface area contributed by atoms with Gasteiger partial charge in [-0.2, -0.15) is 0 Å². The number of alkyl halides is 3. The number of amides is 2. The zero-order valence-corrected chi connectivity index (χ0v) is 13.4. The summed E-state index contributed by atoms with van der Waals surface area (Å²) < 4.78 is 41.1. The second-order valence-corrected chi connectivity index (χ2v) is 5.97. The highest BCUT2D eigenvalue weighted by Crippen LogP contribution is 2.35. The van der Waals surface area contributed by atoms with Crippen LogP contribution in [0.25, 0.3) is 0 Å². The highest BCUT2D eigenvalue weighted by Gasteiger charge is 2.35. The molecule has 1 aromatic carbocycles. The first-order valence-corrected chi connectivity index (χ1v) is 7.80. The van der Waals surface area contributed by atoms with Crippen LogP contribution in [0.3, 0.4) is 0 Å². The Balaban J connectivity index is 2.01. The van der Waals surface area contributed by atoms with E-state index in [1.54, 1.807) is 0 Å². The Kier molecular flexibility index (Phi) is 5.58. The smallest absolute Gasteiger partial charge is 0.404 e. The summed E-state index contributed by atoms with van der Waals surface area (Å²) >= 11 is 0. The molecule has 2 amide bonds. The summed E-state index contributed by atoms with van der Waals surface area (Å²) in [5, 5.41) is 12.0. The summed E-state index contributed by atoms with van der Waals surface area (Å²) in [6.45, 7) is 2.96. The molecular formula is C16H21F3N2O3. The molecule has 0 bridgehead atoms. The van der Waals surface area contributed by atoms with Crippen LogP contribution in [0.5, 0.6) is 5.75 Å². The van der Waals surface area contributed by atoms with Gasteiger partial charge in [-0.05, 0) is 36.8 Å². The molecular weight excluding hydrogens is 325 g/mol. The van der Waals surface area contributed by atoms with Gasteiger partial charge < -0.3 is 20.1 Å². The van der Waals surface area contributed by atoms with Gasteiger partial charge in [0.1, 0.15) is 0 Å². The molecule has 0 aliphatic carbocycles. The minimum absolute atomic E-state index is 0.0330. The minimum atomic E-state index is -4.83. The van der Waals surface area contributed by atoms with Gasteiger partial charge in [-0.3, -0.25) is 0 Å². The van der Waals surface area contributed by atoms with Gasteiger partial charge in [-0.25, -0.2) is 4.79 Å². The molecule has 24 heavy (non-hydrogen) atoms. The number of aliphatic hydroxyl groups excluding tert-OH is 1. The maximum Gasteiger partial charge on any atom is 0.573 e. The van der Waals surface area contributed by atoms with Crippen LogP contribution in [0, 0.1) is 5.41 Å². The van der Waals surface area contributed by atoms with Crippen molar-refractivity contribution in [3.63, 3.8) is 0 Å². The Morgan fingerprint density at radius 2 is 1.96 bits per heavy atom. The number of hydrogen-bond acceptors (Lipinski definition) is 3. The van der Waals surface area contributed by atoms with Gasteiger partial charge in [0.05, 0.1) is 5.69 Å². The fourth-order valence-corrected chi connectivity index (χ4v) is 2.79. The number of carbonyl (C=O) groups is 1. The molecule has 0 radical (unpaired) electrons. The van der Waals surface area contributed by atoms with E-state index in [0.29, 0.717) is 25.9 Å². The van der Waals surface area contributed by atoms with Crippen molar-refractivity contribution in [1.29, 1.82) is 0 Å². The molecule has 2 N–H and O–H groups in total. The Morgan fingerprint density at radius 1 is 1.33 bits per heavy atom. The second kappa shape index (κ2) is 7.29. The van der Waals surface area contributed by atoms with E-state index in [-0.39, 0.29) is 17.7 Å². The number of nitrogens with zero attached hydrogens (tertiary/aromatic N) is 1. The third-order valence-electron chi connectivity index (χ3n) is 4.55. The van der Waals surface area contributed by atoms with Gasteiger partial charge >= 0.3 is 12.4 Å². The Labute approximate surface area is 138 Å². The molecule has 1 aromatic rings. The zero-order valence-electron chi connectivity index (χ0n) is 13.4. The Hall–Kier alpha value is -1.96. The van der Waals surface area contributed by atoms with Gasteiger partial charge in [0.25, 0.3) is 0 Å². The molecule has 1 aliphatic heterocycles. The van der Waals surface area contributed by atoms with Gasteiger partial charge in [-0.15, -0.1) is 13.2 Å². The molecule has 8 heteroatoms. The number of anilines is 1. The first-order chi connectivity index (χ1) is 11.3. The number of benzene rings is 1. The van der Waals surface area contributed by atoms with Gasteiger partial charge in [0.15, 0.2) is 5.75 Å². The monoisotopic (exact) mass is 346 g/mol. The lowest BCUT2D eigenvalue weighted by Gasteiger charge is -2.40. The quantitative estimate of drug-likeness (QED) is 0.876. The van der Waals surface area contributed by atoms with Crippen LogP contribution >= 0.6 is 0 Å². The molecule has 5 nitrogen and oxygen atoms in total. The summed E-state index contributed by atoms with van der Waals surface area (Å²) in [6.07, 6.45) is -2.68. The molecule has 1 heterocycles. The van der Waals surface area contributed by atoms with E-state index in [0.717, 1.165) is 12.5 Å². The summed E-state index contributed by atoms with van der Waals surface area (Å²) in [4.78, 5) is 13.8. The lowest BCUT2D eigenvalue weighted by atomic mass is 9.77. The lowest BCUT2D eigenvalue weighted by Crippen LogP contribution is -2.46. The van der Waals surface area contributed by atoms with Crippen LogP contribution in [0.1, 0.15) is 26.2 Å². The topological polar surface area (TPSA) is 61.8 Å². The molecule has 1 fully saturated rings. The van der Waals surface area contributed by atoms with Crippen molar-refractivity contribution in [3.05, 3.63) is 24.3 Å². The number of hydrogen-bond donors (Lipinski definition) is 2. The average molecular weight is 346 g/mol. The van der Waals surface area contributed by atoms with E-state index in [4.69, 9.17) is 0 Å². The SMILES string of the molecule is CCC1(CO)CCN(C(=O)Nc2ccccc2OC(F)(F)F)CC1. The van der Waals surface area contributed by atoms with E-state index in [1.165, 1.54) is 23.1 Å². The molecule has 0 spiro atoms. The van der Waals surface area contributed by atoms with Crippen molar-refractivity contribution in [3.8, 4) is 5.75 Å². The standard InChI is InChI=1S/C16H21F3N2O3/c1-2-15(11-22)7-9-21(10-8-15)14(23)20-12-5-3-4-6-13(12)24-16(17,18)19/h3-6,22H,2,7-11H2,1H3,(H,20,23). The minimum Gasteiger partial charge on any atom is -0.404 e. The number of likely N-dealkylation sites (tertiary alicyclic amines) is 1. The summed E-state index contributed by atoms with van der Waals surface area (Å²) in [5.74, 6) is -0.450. The Morgan fingerprint density at radius 3 is 2.50 bits per heavy atom. The van der Waals surface area contributed by atoms with E-state index in [9.17, 15) is 23.1 Å². The van der Waals surface area contributed by atoms with Crippen molar-refractivity contribution in [1.82, 2.24) is 4.90 Å². The average Bonchev–Trinajstić information content (AvgIpc) is 2.55. The van der Waals surface area contributed by atoms with Gasteiger partial charge in [0.2, 0.25) is 0 Å². The van der Waals surface area contributed by atoms with Crippen LogP contribution in [0.4, 0.5) is 23.7 Å². The lowest BCUT2D eigenvalue weighted by molar-refractivity contribution is -0.274. The largest absolute Gasteiger partial charge is 0.573 e. The number of halogens is 3. The van der Waals surface area contributed by atoms with Crippen LogP contribution in [-0.2, 0) is 0 Å². The third kappa shape index (κ3) is 4.53. The maximum absolute atomic E-state index is 12.4. The van der Waals surface area contributed by atoms with Crippen LogP contribution in [0.15, 0.2) is 24.3 Å². The Bertz CT molecular complexity index is 564. The number of ether oxygens (including phenoxy) is 1. The van der Waals surface area contributed by atoms with Crippen molar-refractivity contribution in [2.45, 2.75) is 32.5 Å². The van der Waals surface area contributed by atoms with Crippen molar-refractivity contribution in [2.24, 2.45) is 5.41 Å². The number of para-hydroxylation sites is 2. The number of aliphatic hydroxyl groups is 1. The molecule has 0 unspecified atom stereocenters. The number of piperidine rings is 1. The van der Waals surface area contributed by atoms with Crippen LogP contribution in [-0.4, -0.2) is 42.1 Å². The predicted molar refractivity (Wildman–Crippen MR) is 82.8 cm³/mol. The van der Waals surface area contributed by atoms with Crippen LogP contribution in [0.2, 0.25) is 0 Å². The highest BCUT2D eigenvalue weighted by atomic mass is 19.4. The van der Waals surface area contributed by atoms with Crippen molar-refractivity contribution >= 4 is 11.7 Å². The molecule has 134 valence electrons. The summed E-state index contributed by atoms with van der Waals surface area (Å²) in [6, 6.07) is 4.94. The molecule has 2 rings (SSSR count).